The summed E-state index contributed by atoms with van der Waals surface area (Å²) >= 11 is 0. The topological polar surface area (TPSA) is 29.5 Å². The predicted molar refractivity (Wildman–Crippen MR) is 77.4 cm³/mol. The normalized spacial score (nSPS) is 17.0. The fourth-order valence-corrected chi connectivity index (χ4v) is 2.18. The van der Waals surface area contributed by atoms with Crippen LogP contribution in [0.25, 0.3) is 6.08 Å². The van der Waals surface area contributed by atoms with Crippen LogP contribution in [-0.4, -0.2) is 43.5 Å². The molecule has 0 atom stereocenters. The number of alkyl halides is 3. The smallest absolute Gasteiger partial charge is 0.379 e. The van der Waals surface area contributed by atoms with E-state index in [4.69, 9.17) is 4.74 Å². The first-order chi connectivity index (χ1) is 10.4. The van der Waals surface area contributed by atoms with Gasteiger partial charge in [-0.2, -0.15) is 13.2 Å². The summed E-state index contributed by atoms with van der Waals surface area (Å²) in [6.07, 6.45) is -1.24. The predicted octanol–water partition coefficient (Wildman–Crippen LogP) is 3.01. The van der Waals surface area contributed by atoms with Gasteiger partial charge >= 0.3 is 6.18 Å². The third-order valence-electron chi connectivity index (χ3n) is 3.45. The van der Waals surface area contributed by atoms with Crippen molar-refractivity contribution in [1.82, 2.24) is 4.90 Å². The summed E-state index contributed by atoms with van der Waals surface area (Å²) in [5.74, 6) is -0.0936. The fraction of sp³-hybridized carbons (Fsp3) is 0.438. The first-order valence-corrected chi connectivity index (χ1v) is 7.13. The van der Waals surface area contributed by atoms with E-state index in [0.717, 1.165) is 25.2 Å². The highest BCUT2D eigenvalue weighted by Crippen LogP contribution is 2.29. The summed E-state index contributed by atoms with van der Waals surface area (Å²) in [5.41, 5.74) is -0.343. The minimum absolute atomic E-state index is 0.0936. The molecule has 0 amide bonds. The van der Waals surface area contributed by atoms with Crippen molar-refractivity contribution in [2.24, 2.45) is 0 Å². The Kier molecular flexibility index (Phi) is 5.74. The molecule has 0 aromatic heterocycles. The minimum atomic E-state index is -4.37. The number of hydrogen-bond donors (Lipinski definition) is 0. The van der Waals surface area contributed by atoms with Crippen LogP contribution in [-0.2, 0) is 15.7 Å². The zero-order valence-corrected chi connectivity index (χ0v) is 12.1. The van der Waals surface area contributed by atoms with E-state index < -0.39 is 11.7 Å². The Hall–Kier alpha value is -1.66. The summed E-state index contributed by atoms with van der Waals surface area (Å²) in [7, 11) is 0. The maximum absolute atomic E-state index is 12.6. The van der Waals surface area contributed by atoms with Crippen molar-refractivity contribution in [3.05, 3.63) is 41.5 Å². The monoisotopic (exact) mass is 313 g/mol. The molecule has 6 heteroatoms. The summed E-state index contributed by atoms with van der Waals surface area (Å²) in [6.45, 7) is 3.62. The van der Waals surface area contributed by atoms with Crippen molar-refractivity contribution in [1.29, 1.82) is 0 Å². The average Bonchev–Trinajstić information content (AvgIpc) is 2.51. The maximum atomic E-state index is 12.6. The van der Waals surface area contributed by atoms with Gasteiger partial charge in [-0.25, -0.2) is 0 Å². The number of rotatable bonds is 5. The van der Waals surface area contributed by atoms with E-state index in [1.54, 1.807) is 6.07 Å². The lowest BCUT2D eigenvalue weighted by molar-refractivity contribution is -0.137. The third-order valence-corrected chi connectivity index (χ3v) is 3.45. The van der Waals surface area contributed by atoms with Crippen LogP contribution in [0, 0.1) is 0 Å². The number of ether oxygens (including phenoxy) is 1. The number of halogens is 3. The number of morpholine rings is 1. The quantitative estimate of drug-likeness (QED) is 0.783. The highest BCUT2D eigenvalue weighted by Gasteiger charge is 2.30. The molecule has 0 spiro atoms. The summed E-state index contributed by atoms with van der Waals surface area (Å²) < 4.78 is 43.0. The van der Waals surface area contributed by atoms with Crippen molar-refractivity contribution in [3.8, 4) is 0 Å². The summed E-state index contributed by atoms with van der Waals surface area (Å²) in [5, 5.41) is 0. The lowest BCUT2D eigenvalue weighted by atomic mass is 10.1. The number of benzene rings is 1. The zero-order chi connectivity index (χ0) is 16.0. The Balaban J connectivity index is 1.86. The van der Waals surface area contributed by atoms with E-state index in [1.165, 1.54) is 18.2 Å². The number of carbonyl (C=O) groups excluding carboxylic acids is 1. The molecule has 1 aliphatic rings. The van der Waals surface area contributed by atoms with Gasteiger partial charge in [-0.05, 0) is 23.8 Å². The Labute approximate surface area is 127 Å². The van der Waals surface area contributed by atoms with Gasteiger partial charge < -0.3 is 4.74 Å². The van der Waals surface area contributed by atoms with Gasteiger partial charge in [0.25, 0.3) is 0 Å². The molecule has 1 aromatic carbocycles. The first-order valence-electron chi connectivity index (χ1n) is 7.13. The standard InChI is InChI=1S/C16H18F3NO2/c17-16(18,19)14-3-1-2-13(12-14)4-5-15(21)6-7-20-8-10-22-11-9-20/h1-5,12H,6-11H2/b5-4+. The molecule has 1 heterocycles. The van der Waals surface area contributed by atoms with Gasteiger partial charge in [0.05, 0.1) is 18.8 Å². The number of nitrogens with zero attached hydrogens (tertiary/aromatic N) is 1. The van der Waals surface area contributed by atoms with E-state index in [1.807, 2.05) is 0 Å². The first kappa shape index (κ1) is 16.7. The highest BCUT2D eigenvalue weighted by molar-refractivity contribution is 5.93. The second-order valence-corrected chi connectivity index (χ2v) is 5.13. The van der Waals surface area contributed by atoms with E-state index in [2.05, 4.69) is 4.90 Å². The largest absolute Gasteiger partial charge is 0.416 e. The molecular weight excluding hydrogens is 295 g/mol. The molecule has 0 saturated carbocycles. The van der Waals surface area contributed by atoms with Crippen molar-refractivity contribution < 1.29 is 22.7 Å². The van der Waals surface area contributed by atoms with Gasteiger partial charge in [0.2, 0.25) is 0 Å². The van der Waals surface area contributed by atoms with Crippen LogP contribution in [0.2, 0.25) is 0 Å². The van der Waals surface area contributed by atoms with Crippen LogP contribution in [0.15, 0.2) is 30.3 Å². The molecule has 1 aliphatic heterocycles. The molecule has 0 radical (unpaired) electrons. The molecule has 1 fully saturated rings. The van der Waals surface area contributed by atoms with Crippen LogP contribution in [0.1, 0.15) is 17.5 Å². The van der Waals surface area contributed by atoms with Gasteiger partial charge in [-0.1, -0.05) is 18.2 Å². The van der Waals surface area contributed by atoms with Crippen LogP contribution in [0.3, 0.4) is 0 Å². The zero-order valence-electron chi connectivity index (χ0n) is 12.1. The van der Waals surface area contributed by atoms with Crippen LogP contribution >= 0.6 is 0 Å². The molecule has 3 nitrogen and oxygen atoms in total. The molecular formula is C16H18F3NO2. The molecule has 0 unspecified atom stereocenters. The number of hydrogen-bond acceptors (Lipinski definition) is 3. The molecule has 0 bridgehead atoms. The van der Waals surface area contributed by atoms with Gasteiger partial charge in [0.15, 0.2) is 5.78 Å². The van der Waals surface area contributed by atoms with E-state index in [0.29, 0.717) is 31.7 Å². The molecule has 22 heavy (non-hydrogen) atoms. The lowest BCUT2D eigenvalue weighted by Gasteiger charge is -2.25. The molecule has 2 rings (SSSR count). The Morgan fingerprint density at radius 1 is 1.27 bits per heavy atom. The Morgan fingerprint density at radius 2 is 2.00 bits per heavy atom. The molecule has 0 aliphatic carbocycles. The van der Waals surface area contributed by atoms with Gasteiger partial charge in [0.1, 0.15) is 0 Å². The second-order valence-electron chi connectivity index (χ2n) is 5.13. The van der Waals surface area contributed by atoms with Crippen molar-refractivity contribution in [2.45, 2.75) is 12.6 Å². The van der Waals surface area contributed by atoms with E-state index in [-0.39, 0.29) is 5.78 Å². The molecule has 1 aromatic rings. The van der Waals surface area contributed by atoms with Gasteiger partial charge in [-0.3, -0.25) is 9.69 Å². The SMILES string of the molecule is O=C(/C=C/c1cccc(C(F)(F)F)c1)CCN1CCOCC1. The van der Waals surface area contributed by atoms with Crippen molar-refractivity contribution in [3.63, 3.8) is 0 Å². The second kappa shape index (κ2) is 7.56. The molecule has 120 valence electrons. The third kappa shape index (κ3) is 5.27. The summed E-state index contributed by atoms with van der Waals surface area (Å²) in [6, 6.07) is 4.92. The minimum Gasteiger partial charge on any atom is -0.379 e. The molecule has 1 saturated heterocycles. The number of allylic oxidation sites excluding steroid dienone is 1. The van der Waals surface area contributed by atoms with Gasteiger partial charge in [0, 0.05) is 26.1 Å². The number of ketones is 1. The molecule has 0 N–H and O–H groups in total. The maximum Gasteiger partial charge on any atom is 0.416 e. The fourth-order valence-electron chi connectivity index (χ4n) is 2.18. The van der Waals surface area contributed by atoms with E-state index >= 15 is 0 Å². The van der Waals surface area contributed by atoms with Crippen molar-refractivity contribution >= 4 is 11.9 Å². The summed E-state index contributed by atoms with van der Waals surface area (Å²) in [4.78, 5) is 13.9. The van der Waals surface area contributed by atoms with Crippen LogP contribution < -0.4 is 0 Å². The van der Waals surface area contributed by atoms with E-state index in [9.17, 15) is 18.0 Å². The average molecular weight is 313 g/mol. The Bertz CT molecular complexity index is 534. The lowest BCUT2D eigenvalue weighted by Crippen LogP contribution is -2.37. The van der Waals surface area contributed by atoms with Crippen molar-refractivity contribution in [2.75, 3.05) is 32.8 Å². The van der Waals surface area contributed by atoms with Crippen LogP contribution in [0.4, 0.5) is 13.2 Å². The van der Waals surface area contributed by atoms with Gasteiger partial charge in [-0.15, -0.1) is 0 Å². The number of carbonyl (C=O) groups is 1. The Morgan fingerprint density at radius 3 is 2.68 bits per heavy atom. The highest BCUT2D eigenvalue weighted by atomic mass is 19.4. The van der Waals surface area contributed by atoms with Crippen LogP contribution in [0.5, 0.6) is 0 Å².